The van der Waals surface area contributed by atoms with Gasteiger partial charge in [-0.05, 0) is 61.9 Å². The largest absolute Gasteiger partial charge is 0.462 e. The SMILES string of the molecule is CCCN(C(=O)C=Cc1ccc(C)o1)C1CCc2ccccc2C1. The summed E-state index contributed by atoms with van der Waals surface area (Å²) in [5, 5.41) is 0. The number of furan rings is 1. The zero-order chi connectivity index (χ0) is 16.9. The maximum atomic E-state index is 12.7. The quantitative estimate of drug-likeness (QED) is 0.764. The smallest absolute Gasteiger partial charge is 0.246 e. The highest BCUT2D eigenvalue weighted by molar-refractivity contribution is 5.91. The van der Waals surface area contributed by atoms with Crippen LogP contribution in [0.25, 0.3) is 6.08 Å². The van der Waals surface area contributed by atoms with Gasteiger partial charge in [-0.3, -0.25) is 4.79 Å². The molecule has 1 atom stereocenters. The van der Waals surface area contributed by atoms with Crippen molar-refractivity contribution in [3.05, 3.63) is 65.1 Å². The van der Waals surface area contributed by atoms with E-state index < -0.39 is 0 Å². The Balaban J connectivity index is 1.72. The van der Waals surface area contributed by atoms with Gasteiger partial charge in [0.15, 0.2) is 0 Å². The molecule has 0 saturated heterocycles. The van der Waals surface area contributed by atoms with Crippen LogP contribution in [0, 0.1) is 6.92 Å². The van der Waals surface area contributed by atoms with Gasteiger partial charge in [-0.15, -0.1) is 0 Å². The molecule has 3 heteroatoms. The van der Waals surface area contributed by atoms with Gasteiger partial charge >= 0.3 is 0 Å². The summed E-state index contributed by atoms with van der Waals surface area (Å²) in [5.41, 5.74) is 2.81. The van der Waals surface area contributed by atoms with E-state index in [1.807, 2.05) is 24.0 Å². The van der Waals surface area contributed by atoms with Gasteiger partial charge in [-0.1, -0.05) is 31.2 Å². The minimum Gasteiger partial charge on any atom is -0.462 e. The third-order valence-corrected chi connectivity index (χ3v) is 4.66. The van der Waals surface area contributed by atoms with Gasteiger partial charge in [0.05, 0.1) is 0 Å². The molecule has 1 aromatic carbocycles. The Labute approximate surface area is 144 Å². The van der Waals surface area contributed by atoms with Gasteiger partial charge < -0.3 is 9.32 Å². The molecule has 1 aliphatic rings. The molecular formula is C21H25NO2. The van der Waals surface area contributed by atoms with Crippen LogP contribution in [0.5, 0.6) is 0 Å². The lowest BCUT2D eigenvalue weighted by Crippen LogP contribution is -2.43. The molecule has 2 aromatic rings. The van der Waals surface area contributed by atoms with Crippen LogP contribution < -0.4 is 0 Å². The lowest BCUT2D eigenvalue weighted by atomic mass is 9.87. The molecule has 0 bridgehead atoms. The Kier molecular flexibility index (Phi) is 5.19. The fourth-order valence-electron chi connectivity index (χ4n) is 3.45. The van der Waals surface area contributed by atoms with Crippen molar-refractivity contribution in [1.29, 1.82) is 0 Å². The summed E-state index contributed by atoms with van der Waals surface area (Å²) in [6.45, 7) is 4.83. The van der Waals surface area contributed by atoms with Crippen molar-refractivity contribution in [3.63, 3.8) is 0 Å². The van der Waals surface area contributed by atoms with Gasteiger partial charge in [-0.25, -0.2) is 0 Å². The Hall–Kier alpha value is -2.29. The second-order valence-electron chi connectivity index (χ2n) is 6.48. The molecule has 1 amide bonds. The Morgan fingerprint density at radius 3 is 2.75 bits per heavy atom. The number of nitrogens with zero attached hydrogens (tertiary/aromatic N) is 1. The van der Waals surface area contributed by atoms with Crippen molar-refractivity contribution in [3.8, 4) is 0 Å². The first-order valence-electron chi connectivity index (χ1n) is 8.79. The number of carbonyl (C=O) groups excluding carboxylic acids is 1. The predicted molar refractivity (Wildman–Crippen MR) is 96.7 cm³/mol. The molecular weight excluding hydrogens is 298 g/mol. The summed E-state index contributed by atoms with van der Waals surface area (Å²) in [7, 11) is 0. The fraction of sp³-hybridized carbons (Fsp3) is 0.381. The number of rotatable bonds is 5. The number of fused-ring (bicyclic) bond motifs is 1. The number of hydrogen-bond acceptors (Lipinski definition) is 2. The van der Waals surface area contributed by atoms with Crippen LogP contribution >= 0.6 is 0 Å². The van der Waals surface area contributed by atoms with Gasteiger partial charge in [0, 0.05) is 18.7 Å². The van der Waals surface area contributed by atoms with Crippen molar-refractivity contribution >= 4 is 12.0 Å². The van der Waals surface area contributed by atoms with E-state index in [1.165, 1.54) is 11.1 Å². The number of amides is 1. The summed E-state index contributed by atoms with van der Waals surface area (Å²) >= 11 is 0. The van der Waals surface area contributed by atoms with E-state index in [2.05, 4.69) is 31.2 Å². The Morgan fingerprint density at radius 2 is 2.04 bits per heavy atom. The third kappa shape index (κ3) is 3.78. The summed E-state index contributed by atoms with van der Waals surface area (Å²) in [6, 6.07) is 12.7. The number of benzene rings is 1. The normalized spacial score (nSPS) is 17.0. The van der Waals surface area contributed by atoms with Crippen LogP contribution in [0.2, 0.25) is 0 Å². The maximum absolute atomic E-state index is 12.7. The minimum atomic E-state index is 0.0790. The predicted octanol–water partition coefficient (Wildman–Crippen LogP) is 4.40. The molecule has 1 heterocycles. The second kappa shape index (κ2) is 7.52. The Bertz CT molecular complexity index is 729. The molecule has 0 N–H and O–H groups in total. The minimum absolute atomic E-state index is 0.0790. The summed E-state index contributed by atoms with van der Waals surface area (Å²) in [4.78, 5) is 14.8. The average Bonchev–Trinajstić information content (AvgIpc) is 3.02. The van der Waals surface area contributed by atoms with E-state index >= 15 is 0 Å². The Morgan fingerprint density at radius 1 is 1.25 bits per heavy atom. The molecule has 1 aromatic heterocycles. The lowest BCUT2D eigenvalue weighted by molar-refractivity contribution is -0.128. The first kappa shape index (κ1) is 16.6. The lowest BCUT2D eigenvalue weighted by Gasteiger charge is -2.34. The van der Waals surface area contributed by atoms with E-state index in [4.69, 9.17) is 4.42 Å². The molecule has 1 unspecified atom stereocenters. The van der Waals surface area contributed by atoms with Crippen molar-refractivity contribution in [2.75, 3.05) is 6.54 Å². The van der Waals surface area contributed by atoms with Crippen LogP contribution in [0.1, 0.15) is 42.4 Å². The number of aryl methyl sites for hydroxylation is 2. The summed E-state index contributed by atoms with van der Waals surface area (Å²) in [5.74, 6) is 1.66. The zero-order valence-electron chi connectivity index (χ0n) is 14.5. The van der Waals surface area contributed by atoms with Crippen LogP contribution in [0.15, 0.2) is 46.9 Å². The van der Waals surface area contributed by atoms with Crippen LogP contribution in [-0.2, 0) is 17.6 Å². The zero-order valence-corrected chi connectivity index (χ0v) is 14.5. The summed E-state index contributed by atoms with van der Waals surface area (Å²) in [6.07, 6.45) is 7.43. The molecule has 0 radical (unpaired) electrons. The first-order valence-corrected chi connectivity index (χ1v) is 8.79. The van der Waals surface area contributed by atoms with E-state index in [0.717, 1.165) is 43.7 Å². The molecule has 3 nitrogen and oxygen atoms in total. The van der Waals surface area contributed by atoms with Crippen LogP contribution in [0.3, 0.4) is 0 Å². The molecule has 3 rings (SSSR count). The monoisotopic (exact) mass is 323 g/mol. The van der Waals surface area contributed by atoms with Crippen molar-refractivity contribution in [2.24, 2.45) is 0 Å². The van der Waals surface area contributed by atoms with Crippen LogP contribution in [0.4, 0.5) is 0 Å². The number of hydrogen-bond donors (Lipinski definition) is 0. The molecule has 0 saturated carbocycles. The van der Waals surface area contributed by atoms with Crippen molar-refractivity contribution < 1.29 is 9.21 Å². The van der Waals surface area contributed by atoms with Crippen LogP contribution in [-0.4, -0.2) is 23.4 Å². The highest BCUT2D eigenvalue weighted by Gasteiger charge is 2.26. The van der Waals surface area contributed by atoms with E-state index in [9.17, 15) is 4.79 Å². The highest BCUT2D eigenvalue weighted by Crippen LogP contribution is 2.25. The molecule has 0 aliphatic heterocycles. The first-order chi connectivity index (χ1) is 11.7. The standard InChI is InChI=1S/C21H25NO2/c1-3-14-22(21(23)13-12-20-11-8-16(2)24-20)19-10-9-17-6-4-5-7-18(17)15-19/h4-8,11-13,19H,3,9-10,14-15H2,1-2H3. The van der Waals surface area contributed by atoms with E-state index in [1.54, 1.807) is 12.2 Å². The summed E-state index contributed by atoms with van der Waals surface area (Å²) < 4.78 is 5.51. The molecule has 24 heavy (non-hydrogen) atoms. The number of carbonyl (C=O) groups is 1. The van der Waals surface area contributed by atoms with Gasteiger partial charge in [0.2, 0.25) is 5.91 Å². The van der Waals surface area contributed by atoms with Crippen molar-refractivity contribution in [2.45, 2.75) is 45.6 Å². The third-order valence-electron chi connectivity index (χ3n) is 4.66. The topological polar surface area (TPSA) is 33.5 Å². The maximum Gasteiger partial charge on any atom is 0.246 e. The average molecular weight is 323 g/mol. The van der Waals surface area contributed by atoms with Gasteiger partial charge in [0.25, 0.3) is 0 Å². The molecule has 0 spiro atoms. The van der Waals surface area contributed by atoms with Gasteiger partial charge in [0.1, 0.15) is 11.5 Å². The second-order valence-corrected chi connectivity index (χ2v) is 6.48. The fourth-order valence-corrected chi connectivity index (χ4v) is 3.45. The molecule has 0 fully saturated rings. The van der Waals surface area contributed by atoms with E-state index in [0.29, 0.717) is 0 Å². The van der Waals surface area contributed by atoms with E-state index in [-0.39, 0.29) is 11.9 Å². The highest BCUT2D eigenvalue weighted by atomic mass is 16.3. The van der Waals surface area contributed by atoms with Crippen molar-refractivity contribution in [1.82, 2.24) is 4.90 Å². The molecule has 126 valence electrons. The molecule has 1 aliphatic carbocycles. The van der Waals surface area contributed by atoms with Gasteiger partial charge in [-0.2, -0.15) is 0 Å².